The number of thioether (sulfide) groups is 2. The van der Waals surface area contributed by atoms with Crippen molar-refractivity contribution < 1.29 is 24.0 Å². The van der Waals surface area contributed by atoms with Gasteiger partial charge in [-0.3, -0.25) is 14.4 Å². The van der Waals surface area contributed by atoms with Gasteiger partial charge in [0.15, 0.2) is 0 Å². The summed E-state index contributed by atoms with van der Waals surface area (Å²) >= 11 is 8.07. The van der Waals surface area contributed by atoms with Crippen LogP contribution < -0.4 is 5.32 Å². The first kappa shape index (κ1) is 26.4. The minimum absolute atomic E-state index is 0.0718. The second-order valence-corrected chi connectivity index (χ2v) is 10.8. The molecule has 1 aliphatic heterocycles. The smallest absolute Gasteiger partial charge is 0.333 e. The molecule has 0 aromatic heterocycles. The highest BCUT2D eigenvalue weighted by atomic mass is 32.2. The van der Waals surface area contributed by atoms with Crippen molar-refractivity contribution in [3.05, 3.63) is 0 Å². The van der Waals surface area contributed by atoms with Gasteiger partial charge in [0.05, 0.1) is 6.07 Å². The molecule has 166 valence electrons. The van der Waals surface area contributed by atoms with E-state index in [2.05, 4.69) is 11.4 Å². The van der Waals surface area contributed by atoms with Gasteiger partial charge in [-0.15, -0.1) is 16.8 Å². The predicted molar refractivity (Wildman–Crippen MR) is 120 cm³/mol. The molecule has 1 fully saturated rings. The molecule has 0 bridgehead atoms. The van der Waals surface area contributed by atoms with Gasteiger partial charge >= 0.3 is 5.97 Å². The van der Waals surface area contributed by atoms with E-state index >= 15 is 0 Å². The number of carbonyl (C=O) groups excluding carboxylic acids is 4. The molecule has 0 radical (unpaired) electrons. The Balaban J connectivity index is 2.14. The zero-order chi connectivity index (χ0) is 22.6. The lowest BCUT2D eigenvalue weighted by molar-refractivity contribution is -0.197. The van der Waals surface area contributed by atoms with Crippen LogP contribution >= 0.6 is 35.7 Å². The van der Waals surface area contributed by atoms with Gasteiger partial charge in [0.25, 0.3) is 11.8 Å². The summed E-state index contributed by atoms with van der Waals surface area (Å²) in [6.45, 7) is 4.25. The van der Waals surface area contributed by atoms with E-state index in [9.17, 15) is 24.4 Å². The second-order valence-electron chi connectivity index (χ2n) is 6.83. The summed E-state index contributed by atoms with van der Waals surface area (Å²) in [6.07, 6.45) is 2.78. The molecule has 0 spiro atoms. The van der Waals surface area contributed by atoms with Crippen LogP contribution in [0.25, 0.3) is 0 Å². The lowest BCUT2D eigenvalue weighted by atomic mass is 10.1. The van der Waals surface area contributed by atoms with Crippen LogP contribution in [0, 0.1) is 11.3 Å². The topological polar surface area (TPSA) is 117 Å². The van der Waals surface area contributed by atoms with Crippen molar-refractivity contribution in [1.29, 1.82) is 5.26 Å². The minimum Gasteiger partial charge on any atom is -0.356 e. The van der Waals surface area contributed by atoms with Crippen molar-refractivity contribution in [3.63, 3.8) is 0 Å². The van der Waals surface area contributed by atoms with Gasteiger partial charge in [0.2, 0.25) is 5.91 Å². The number of hydroxylamine groups is 2. The van der Waals surface area contributed by atoms with E-state index in [1.807, 2.05) is 6.92 Å². The molecule has 8 nitrogen and oxygen atoms in total. The Labute approximate surface area is 190 Å². The van der Waals surface area contributed by atoms with Crippen LogP contribution in [0.15, 0.2) is 0 Å². The van der Waals surface area contributed by atoms with Crippen molar-refractivity contribution in [2.45, 2.75) is 70.0 Å². The summed E-state index contributed by atoms with van der Waals surface area (Å²) < 4.78 is -0.0198. The number of carbonyl (C=O) groups is 4. The number of nitriles is 1. The summed E-state index contributed by atoms with van der Waals surface area (Å²) in [5.74, 6) is -0.882. The fourth-order valence-corrected chi connectivity index (χ4v) is 5.41. The maximum absolute atomic E-state index is 12.0. The standard InChI is InChI=1S/C19H27N3O5S3/c1-3-29-18(28)30-19(2,13-20)11-10-14(23)21-12-6-4-5-7-17(26)27-22-15(24)8-9-16(22)25/h3-12H2,1-2H3,(H,21,23). The maximum Gasteiger partial charge on any atom is 0.333 e. The van der Waals surface area contributed by atoms with Gasteiger partial charge in [-0.05, 0) is 31.9 Å². The molecule has 1 saturated heterocycles. The molecule has 1 aliphatic rings. The van der Waals surface area contributed by atoms with Crippen LogP contribution in [-0.2, 0) is 24.0 Å². The van der Waals surface area contributed by atoms with Crippen LogP contribution in [0.5, 0.6) is 0 Å². The number of amides is 3. The summed E-state index contributed by atoms with van der Waals surface area (Å²) in [5.41, 5.74) is 0. The largest absolute Gasteiger partial charge is 0.356 e. The van der Waals surface area contributed by atoms with E-state index in [0.717, 1.165) is 5.75 Å². The molecule has 1 unspecified atom stereocenters. The number of imide groups is 1. The Bertz CT molecular complexity index is 694. The molecular formula is C19H27N3O5S3. The van der Waals surface area contributed by atoms with E-state index in [1.54, 1.807) is 6.92 Å². The lowest BCUT2D eigenvalue weighted by Crippen LogP contribution is -2.32. The first-order chi connectivity index (χ1) is 14.2. The maximum atomic E-state index is 12.0. The van der Waals surface area contributed by atoms with Gasteiger partial charge < -0.3 is 10.2 Å². The summed E-state index contributed by atoms with van der Waals surface area (Å²) in [4.78, 5) is 51.2. The molecule has 1 heterocycles. The third-order valence-corrected chi connectivity index (χ3v) is 6.86. The van der Waals surface area contributed by atoms with E-state index in [-0.39, 0.29) is 31.6 Å². The van der Waals surface area contributed by atoms with Gasteiger partial charge in [0, 0.05) is 32.2 Å². The van der Waals surface area contributed by atoms with Crippen LogP contribution in [0.1, 0.15) is 65.2 Å². The zero-order valence-electron chi connectivity index (χ0n) is 17.2. The van der Waals surface area contributed by atoms with Crippen molar-refractivity contribution >= 4 is 63.0 Å². The van der Waals surface area contributed by atoms with Gasteiger partial charge in [-0.25, -0.2) is 4.79 Å². The molecule has 1 atom stereocenters. The SMILES string of the molecule is CCSC(=S)SC(C)(C#N)CCC(=O)NCCCCCC(=O)ON1C(=O)CCC1=O. The summed E-state index contributed by atoms with van der Waals surface area (Å²) in [7, 11) is 0. The highest BCUT2D eigenvalue weighted by Crippen LogP contribution is 2.34. The number of thiocarbonyl (C=S) groups is 1. The average Bonchev–Trinajstić information content (AvgIpc) is 3.01. The van der Waals surface area contributed by atoms with E-state index < -0.39 is 22.5 Å². The van der Waals surface area contributed by atoms with Crippen LogP contribution in [0.4, 0.5) is 0 Å². The highest BCUT2D eigenvalue weighted by molar-refractivity contribution is 8.47. The lowest BCUT2D eigenvalue weighted by Gasteiger charge is -2.20. The quantitative estimate of drug-likeness (QED) is 0.259. The Morgan fingerprint density at radius 3 is 2.50 bits per heavy atom. The average molecular weight is 474 g/mol. The first-order valence-electron chi connectivity index (χ1n) is 9.81. The molecule has 30 heavy (non-hydrogen) atoms. The van der Waals surface area contributed by atoms with E-state index in [1.165, 1.54) is 23.5 Å². The van der Waals surface area contributed by atoms with Gasteiger partial charge in [0.1, 0.15) is 8.28 Å². The number of hydrogen-bond donors (Lipinski definition) is 1. The normalized spacial score (nSPS) is 15.4. The Kier molecular flexibility index (Phi) is 12.0. The second kappa shape index (κ2) is 13.6. The van der Waals surface area contributed by atoms with Crippen molar-refractivity contribution in [2.75, 3.05) is 12.3 Å². The third-order valence-electron chi connectivity index (χ3n) is 4.22. The van der Waals surface area contributed by atoms with Crippen LogP contribution in [-0.4, -0.2) is 49.3 Å². The van der Waals surface area contributed by atoms with Crippen LogP contribution in [0.2, 0.25) is 0 Å². The monoisotopic (exact) mass is 473 g/mol. The van der Waals surface area contributed by atoms with Crippen LogP contribution in [0.3, 0.4) is 0 Å². The number of hydrogen-bond acceptors (Lipinski definition) is 9. The first-order valence-corrected chi connectivity index (χ1v) is 12.0. The fraction of sp³-hybridized carbons (Fsp3) is 0.684. The molecule has 0 aromatic carbocycles. The molecule has 1 N–H and O–H groups in total. The third kappa shape index (κ3) is 9.91. The summed E-state index contributed by atoms with van der Waals surface area (Å²) in [5, 5.41) is 12.8. The Hall–Kier alpha value is -1.64. The minimum atomic E-state index is -0.727. The number of unbranched alkanes of at least 4 members (excludes halogenated alkanes) is 2. The summed E-state index contributed by atoms with van der Waals surface area (Å²) in [6, 6.07) is 2.24. The molecule has 0 aromatic rings. The fourth-order valence-electron chi connectivity index (χ4n) is 2.51. The molecule has 3 amide bonds. The van der Waals surface area contributed by atoms with Gasteiger partial charge in [-0.1, -0.05) is 37.3 Å². The molecular weight excluding hydrogens is 446 g/mol. The van der Waals surface area contributed by atoms with Gasteiger partial charge in [-0.2, -0.15) is 5.26 Å². The van der Waals surface area contributed by atoms with Crippen molar-refractivity contribution in [3.8, 4) is 6.07 Å². The Morgan fingerprint density at radius 2 is 1.90 bits per heavy atom. The predicted octanol–water partition coefficient (Wildman–Crippen LogP) is 3.10. The van der Waals surface area contributed by atoms with E-state index in [4.69, 9.17) is 17.1 Å². The molecule has 11 heteroatoms. The highest BCUT2D eigenvalue weighted by Gasteiger charge is 2.32. The number of rotatable bonds is 12. The van der Waals surface area contributed by atoms with Crippen molar-refractivity contribution in [1.82, 2.24) is 10.4 Å². The molecule has 1 rings (SSSR count). The van der Waals surface area contributed by atoms with E-state index in [0.29, 0.717) is 40.8 Å². The molecule has 0 saturated carbocycles. The number of nitrogens with one attached hydrogen (secondary N) is 1. The Morgan fingerprint density at radius 1 is 1.23 bits per heavy atom. The number of nitrogens with zero attached hydrogens (tertiary/aromatic N) is 2. The molecule has 0 aliphatic carbocycles. The van der Waals surface area contributed by atoms with Crippen molar-refractivity contribution in [2.24, 2.45) is 0 Å². The zero-order valence-corrected chi connectivity index (χ0v) is 19.7.